The van der Waals surface area contributed by atoms with Crippen molar-refractivity contribution < 1.29 is 9.15 Å². The molecule has 0 bridgehead atoms. The van der Waals surface area contributed by atoms with Gasteiger partial charge in [-0.15, -0.1) is 0 Å². The Hall–Kier alpha value is -3.06. The summed E-state index contributed by atoms with van der Waals surface area (Å²) in [6, 6.07) is 15.7. The van der Waals surface area contributed by atoms with Crippen LogP contribution < -0.4 is 4.74 Å². The molecule has 0 atom stereocenters. The van der Waals surface area contributed by atoms with Crippen LogP contribution in [0.5, 0.6) is 5.75 Å². The minimum absolute atomic E-state index is 0.311. The van der Waals surface area contributed by atoms with Crippen LogP contribution in [-0.4, -0.2) is 12.1 Å². The highest BCUT2D eigenvalue weighted by atomic mass is 16.5. The van der Waals surface area contributed by atoms with Gasteiger partial charge in [0.2, 0.25) is 5.89 Å². The number of hydrogen-bond donors (Lipinski definition) is 0. The van der Waals surface area contributed by atoms with Gasteiger partial charge in [0.25, 0.3) is 0 Å². The Labute approximate surface area is 162 Å². The van der Waals surface area contributed by atoms with Gasteiger partial charge in [-0.25, -0.2) is 4.98 Å². The van der Waals surface area contributed by atoms with E-state index in [0.29, 0.717) is 17.4 Å². The lowest BCUT2D eigenvalue weighted by Crippen LogP contribution is -1.97. The first-order chi connectivity index (χ1) is 13.1. The number of hydrogen-bond acceptors (Lipinski definition) is 4. The number of ether oxygens (including phenoxy) is 1. The zero-order chi connectivity index (χ0) is 20.2. The van der Waals surface area contributed by atoms with E-state index in [9.17, 15) is 0 Å². The molecule has 0 saturated heterocycles. The van der Waals surface area contributed by atoms with Gasteiger partial charge in [0.05, 0.1) is 24.9 Å². The van der Waals surface area contributed by atoms with Gasteiger partial charge >= 0.3 is 0 Å². The number of aromatic nitrogens is 1. The third-order valence-corrected chi connectivity index (χ3v) is 3.79. The van der Waals surface area contributed by atoms with Gasteiger partial charge < -0.3 is 9.15 Å². The summed E-state index contributed by atoms with van der Waals surface area (Å²) in [5, 5.41) is 8.88. The number of methoxy groups -OCH3 is 1. The fraction of sp³-hybridized carbons (Fsp3) is 0.304. The molecule has 0 fully saturated rings. The number of aryl methyl sites for hydroxylation is 1. The first-order valence-electron chi connectivity index (χ1n) is 9.11. The molecule has 0 aliphatic rings. The lowest BCUT2D eigenvalue weighted by Gasteiger charge is -2.12. The van der Waals surface area contributed by atoms with Gasteiger partial charge in [-0.05, 0) is 36.6 Å². The van der Waals surface area contributed by atoms with Gasteiger partial charge in [-0.3, -0.25) is 0 Å². The molecule has 0 amide bonds. The van der Waals surface area contributed by atoms with E-state index < -0.39 is 0 Å². The van der Waals surface area contributed by atoms with Crippen molar-refractivity contribution in [2.24, 2.45) is 0 Å². The average Bonchev–Trinajstić information content (AvgIpc) is 3.24. The summed E-state index contributed by atoms with van der Waals surface area (Å²) < 4.78 is 10.4. The monoisotopic (exact) mass is 364 g/mol. The van der Waals surface area contributed by atoms with E-state index in [2.05, 4.69) is 24.9 Å². The van der Waals surface area contributed by atoms with E-state index in [-0.39, 0.29) is 0 Å². The molecule has 1 heterocycles. The molecule has 1 aromatic heterocycles. The molecular weight excluding hydrogens is 336 g/mol. The summed E-state index contributed by atoms with van der Waals surface area (Å²) in [5.74, 6) is 1.80. The van der Waals surface area contributed by atoms with Gasteiger partial charge in [0.15, 0.2) is 0 Å². The zero-order valence-corrected chi connectivity index (χ0v) is 17.0. The van der Waals surface area contributed by atoms with Crippen molar-refractivity contribution >= 4 is 0 Å². The zero-order valence-electron chi connectivity index (χ0n) is 17.0. The average molecular weight is 364 g/mol. The first-order valence-corrected chi connectivity index (χ1v) is 9.11. The van der Waals surface area contributed by atoms with Gasteiger partial charge in [0.1, 0.15) is 12.0 Å². The Morgan fingerprint density at radius 2 is 1.78 bits per heavy atom. The van der Waals surface area contributed by atoms with E-state index in [0.717, 1.165) is 16.9 Å². The molecular formula is C23H28N2O2. The molecule has 0 aliphatic heterocycles. The van der Waals surface area contributed by atoms with Crippen LogP contribution in [0.4, 0.5) is 0 Å². The second-order valence-corrected chi connectivity index (χ2v) is 5.84. The molecule has 4 nitrogen and oxygen atoms in total. The van der Waals surface area contributed by atoms with Crippen LogP contribution in [0, 0.1) is 18.3 Å². The van der Waals surface area contributed by atoms with Crippen molar-refractivity contribution in [3.63, 3.8) is 0 Å². The third-order valence-electron chi connectivity index (χ3n) is 3.79. The van der Waals surface area contributed by atoms with Gasteiger partial charge in [0, 0.05) is 11.1 Å². The highest BCUT2D eigenvalue weighted by molar-refractivity contribution is 5.57. The summed E-state index contributed by atoms with van der Waals surface area (Å²) in [6.45, 7) is 10.1. The van der Waals surface area contributed by atoms with Crippen LogP contribution in [0.3, 0.4) is 0 Å². The molecule has 0 spiro atoms. The highest BCUT2D eigenvalue weighted by Crippen LogP contribution is 2.29. The second-order valence-electron chi connectivity index (χ2n) is 5.84. The fourth-order valence-corrected chi connectivity index (χ4v) is 2.58. The van der Waals surface area contributed by atoms with Crippen molar-refractivity contribution in [3.05, 3.63) is 71.6 Å². The molecule has 4 heteroatoms. The van der Waals surface area contributed by atoms with E-state index in [1.165, 1.54) is 5.56 Å². The largest absolute Gasteiger partial charge is 0.496 e. The van der Waals surface area contributed by atoms with E-state index in [1.54, 1.807) is 19.6 Å². The van der Waals surface area contributed by atoms with Crippen LogP contribution in [-0.2, 0) is 0 Å². The van der Waals surface area contributed by atoms with E-state index in [4.69, 9.17) is 14.4 Å². The Balaban J connectivity index is 0.000000248. The topological polar surface area (TPSA) is 59.0 Å². The van der Waals surface area contributed by atoms with Crippen LogP contribution in [0.2, 0.25) is 0 Å². The molecule has 142 valence electrons. The minimum atomic E-state index is 0.311. The third kappa shape index (κ3) is 6.00. The van der Waals surface area contributed by atoms with Crippen molar-refractivity contribution in [2.75, 3.05) is 7.11 Å². The quantitative estimate of drug-likeness (QED) is 0.542. The standard InChI is InChI=1S/C11H13NO.C10H9NO.C2H6/c1-8(2)11-9(7-12)5-4-6-10(11)13-3;1-8-4-2-3-5-9(8)10-11-6-7-12-10;1-2/h4-6,8H,1-3H3;2-7H,1H3;1-2H3. The fourth-order valence-electron chi connectivity index (χ4n) is 2.58. The van der Waals surface area contributed by atoms with Crippen molar-refractivity contribution in [3.8, 4) is 23.3 Å². The predicted octanol–water partition coefficient (Wildman–Crippen LogP) is 6.37. The number of nitrogens with zero attached hydrogens (tertiary/aromatic N) is 2. The number of benzene rings is 2. The summed E-state index contributed by atoms with van der Waals surface area (Å²) in [4.78, 5) is 4.08. The second kappa shape index (κ2) is 11.5. The molecule has 0 aliphatic carbocycles. The smallest absolute Gasteiger partial charge is 0.226 e. The molecule has 3 rings (SSSR count). The van der Waals surface area contributed by atoms with Crippen molar-refractivity contribution in [1.29, 1.82) is 5.26 Å². The van der Waals surface area contributed by atoms with Gasteiger partial charge in [-0.2, -0.15) is 5.26 Å². The van der Waals surface area contributed by atoms with Crippen LogP contribution in [0.1, 0.15) is 50.3 Å². The van der Waals surface area contributed by atoms with E-state index in [1.807, 2.05) is 63.2 Å². The van der Waals surface area contributed by atoms with Crippen molar-refractivity contribution in [1.82, 2.24) is 4.98 Å². The maximum atomic E-state index is 8.88. The van der Waals surface area contributed by atoms with E-state index >= 15 is 0 Å². The number of nitriles is 1. The molecule has 0 saturated carbocycles. The molecule has 0 N–H and O–H groups in total. The lowest BCUT2D eigenvalue weighted by molar-refractivity contribution is 0.407. The highest BCUT2D eigenvalue weighted by Gasteiger charge is 2.11. The summed E-state index contributed by atoms with van der Waals surface area (Å²) in [7, 11) is 1.63. The number of oxazole rings is 1. The molecule has 27 heavy (non-hydrogen) atoms. The Kier molecular flexibility index (Phi) is 9.39. The lowest BCUT2D eigenvalue weighted by atomic mass is 9.97. The number of rotatable bonds is 3. The predicted molar refractivity (Wildman–Crippen MR) is 110 cm³/mol. The summed E-state index contributed by atoms with van der Waals surface area (Å²) in [5.41, 5.74) is 3.93. The van der Waals surface area contributed by atoms with Crippen molar-refractivity contribution in [2.45, 2.75) is 40.5 Å². The van der Waals surface area contributed by atoms with Crippen LogP contribution in [0.25, 0.3) is 11.5 Å². The van der Waals surface area contributed by atoms with Crippen LogP contribution >= 0.6 is 0 Å². The Morgan fingerprint density at radius 1 is 1.07 bits per heavy atom. The molecule has 3 aromatic rings. The molecule has 2 aromatic carbocycles. The SMILES string of the molecule is CC.COc1cccc(C#N)c1C(C)C.Cc1ccccc1-c1ncco1. The Morgan fingerprint density at radius 3 is 2.30 bits per heavy atom. The maximum absolute atomic E-state index is 8.88. The summed E-state index contributed by atoms with van der Waals surface area (Å²) in [6.07, 6.45) is 3.24. The minimum Gasteiger partial charge on any atom is -0.496 e. The molecule has 0 unspecified atom stereocenters. The normalized spacial score (nSPS) is 9.41. The molecule has 0 radical (unpaired) electrons. The Bertz CT molecular complexity index is 847. The van der Waals surface area contributed by atoms with Gasteiger partial charge in [-0.1, -0.05) is 52.0 Å². The maximum Gasteiger partial charge on any atom is 0.226 e. The first kappa shape index (κ1) is 22.0. The van der Waals surface area contributed by atoms with Crippen LogP contribution in [0.15, 0.2) is 59.3 Å². The summed E-state index contributed by atoms with van der Waals surface area (Å²) >= 11 is 0.